The summed E-state index contributed by atoms with van der Waals surface area (Å²) in [5.74, 6) is 0. The van der Waals surface area contributed by atoms with Crippen molar-refractivity contribution >= 4 is 0 Å². The first kappa shape index (κ1) is 15.6. The standard InChI is InChI=1S/C17H17F3O/c1-12-5-2-3-6-13(12)9-10-16(21)14-7-4-8-15(11-14)17(18,19)20/h2-8,11,16,21H,9-10H2,1H3. The summed E-state index contributed by atoms with van der Waals surface area (Å²) in [4.78, 5) is 0. The van der Waals surface area contributed by atoms with Gasteiger partial charge in [0, 0.05) is 0 Å². The van der Waals surface area contributed by atoms with Crippen molar-refractivity contribution < 1.29 is 18.3 Å². The van der Waals surface area contributed by atoms with Gasteiger partial charge in [-0.25, -0.2) is 0 Å². The van der Waals surface area contributed by atoms with Gasteiger partial charge in [-0.3, -0.25) is 0 Å². The van der Waals surface area contributed by atoms with Crippen molar-refractivity contribution in [1.29, 1.82) is 0 Å². The zero-order valence-electron chi connectivity index (χ0n) is 11.7. The van der Waals surface area contributed by atoms with Crippen LogP contribution in [0.5, 0.6) is 0 Å². The van der Waals surface area contributed by atoms with Crippen molar-refractivity contribution in [3.8, 4) is 0 Å². The van der Waals surface area contributed by atoms with E-state index in [1.807, 2.05) is 31.2 Å². The Labute approximate surface area is 122 Å². The molecule has 21 heavy (non-hydrogen) atoms. The van der Waals surface area contributed by atoms with E-state index in [2.05, 4.69) is 0 Å². The van der Waals surface area contributed by atoms with Crippen LogP contribution in [0.3, 0.4) is 0 Å². The lowest BCUT2D eigenvalue weighted by Crippen LogP contribution is -2.07. The molecule has 0 aromatic heterocycles. The molecule has 1 N–H and O–H groups in total. The van der Waals surface area contributed by atoms with Crippen molar-refractivity contribution in [2.45, 2.75) is 32.0 Å². The van der Waals surface area contributed by atoms with Gasteiger partial charge in [0.15, 0.2) is 0 Å². The summed E-state index contributed by atoms with van der Waals surface area (Å²) in [6.45, 7) is 1.98. The van der Waals surface area contributed by atoms with E-state index in [0.717, 1.165) is 23.3 Å². The fourth-order valence-corrected chi connectivity index (χ4v) is 2.27. The molecule has 0 amide bonds. The van der Waals surface area contributed by atoms with Crippen LogP contribution in [-0.2, 0) is 12.6 Å². The minimum Gasteiger partial charge on any atom is -0.388 e. The summed E-state index contributed by atoms with van der Waals surface area (Å²) >= 11 is 0. The molecular weight excluding hydrogens is 277 g/mol. The van der Waals surface area contributed by atoms with Crippen LogP contribution in [-0.4, -0.2) is 5.11 Å². The summed E-state index contributed by atoms with van der Waals surface area (Å²) in [6.07, 6.45) is -4.26. The Hall–Kier alpha value is -1.81. The predicted octanol–water partition coefficient (Wildman–Crippen LogP) is 4.68. The van der Waals surface area contributed by atoms with Crippen LogP contribution in [0.2, 0.25) is 0 Å². The van der Waals surface area contributed by atoms with Gasteiger partial charge >= 0.3 is 6.18 Å². The quantitative estimate of drug-likeness (QED) is 0.868. The molecule has 1 nitrogen and oxygen atoms in total. The first-order valence-corrected chi connectivity index (χ1v) is 6.77. The minimum absolute atomic E-state index is 0.304. The minimum atomic E-state index is -4.38. The Morgan fingerprint density at radius 2 is 1.76 bits per heavy atom. The molecule has 0 aliphatic carbocycles. The van der Waals surface area contributed by atoms with Gasteiger partial charge in [0.25, 0.3) is 0 Å². The van der Waals surface area contributed by atoms with Crippen molar-refractivity contribution in [2.24, 2.45) is 0 Å². The fraction of sp³-hybridized carbons (Fsp3) is 0.294. The lowest BCUT2D eigenvalue weighted by molar-refractivity contribution is -0.137. The average Bonchev–Trinajstić information content (AvgIpc) is 2.45. The van der Waals surface area contributed by atoms with E-state index < -0.39 is 17.8 Å². The summed E-state index contributed by atoms with van der Waals surface area (Å²) in [5, 5.41) is 10.1. The number of aryl methyl sites for hydroxylation is 2. The smallest absolute Gasteiger partial charge is 0.388 e. The molecule has 0 aliphatic heterocycles. The molecule has 1 atom stereocenters. The maximum Gasteiger partial charge on any atom is 0.416 e. The predicted molar refractivity (Wildman–Crippen MR) is 75.9 cm³/mol. The first-order chi connectivity index (χ1) is 9.88. The van der Waals surface area contributed by atoms with Gasteiger partial charge in [0.2, 0.25) is 0 Å². The molecular formula is C17H17F3O. The average molecular weight is 294 g/mol. The Morgan fingerprint density at radius 1 is 1.05 bits per heavy atom. The zero-order valence-corrected chi connectivity index (χ0v) is 11.7. The summed E-state index contributed by atoms with van der Waals surface area (Å²) in [5.41, 5.74) is 1.80. The van der Waals surface area contributed by atoms with Gasteiger partial charge in [0.1, 0.15) is 0 Å². The van der Waals surface area contributed by atoms with Crippen LogP contribution < -0.4 is 0 Å². The normalized spacial score (nSPS) is 13.2. The van der Waals surface area contributed by atoms with Gasteiger partial charge in [0.05, 0.1) is 11.7 Å². The van der Waals surface area contributed by atoms with Crippen molar-refractivity contribution in [1.82, 2.24) is 0 Å². The molecule has 0 spiro atoms. The summed E-state index contributed by atoms with van der Waals surface area (Å²) < 4.78 is 38.0. The molecule has 2 rings (SSSR count). The van der Waals surface area contributed by atoms with E-state index in [-0.39, 0.29) is 0 Å². The molecule has 0 radical (unpaired) electrons. The van der Waals surface area contributed by atoms with Crippen LogP contribution in [0.15, 0.2) is 48.5 Å². The molecule has 0 bridgehead atoms. The van der Waals surface area contributed by atoms with Crippen LogP contribution in [0.25, 0.3) is 0 Å². The van der Waals surface area contributed by atoms with Crippen LogP contribution in [0.4, 0.5) is 13.2 Å². The molecule has 1 unspecified atom stereocenters. The second-order valence-corrected chi connectivity index (χ2v) is 5.10. The SMILES string of the molecule is Cc1ccccc1CCC(O)c1cccc(C(F)(F)F)c1. The number of aliphatic hydroxyl groups excluding tert-OH is 1. The Kier molecular flexibility index (Phi) is 4.68. The van der Waals surface area contributed by atoms with Crippen molar-refractivity contribution in [3.63, 3.8) is 0 Å². The maximum absolute atomic E-state index is 12.7. The number of aliphatic hydroxyl groups is 1. The second-order valence-electron chi connectivity index (χ2n) is 5.10. The second kappa shape index (κ2) is 6.31. The molecule has 4 heteroatoms. The van der Waals surface area contributed by atoms with E-state index in [0.29, 0.717) is 18.4 Å². The number of rotatable bonds is 4. The number of hydrogen-bond donors (Lipinski definition) is 1. The number of halogens is 3. The van der Waals surface area contributed by atoms with Gasteiger partial charge in [-0.15, -0.1) is 0 Å². The number of hydrogen-bond acceptors (Lipinski definition) is 1. The molecule has 0 fully saturated rings. The van der Waals surface area contributed by atoms with Gasteiger partial charge in [-0.2, -0.15) is 13.2 Å². The van der Waals surface area contributed by atoms with E-state index in [9.17, 15) is 18.3 Å². The van der Waals surface area contributed by atoms with Crippen LogP contribution in [0, 0.1) is 6.92 Å². The van der Waals surface area contributed by atoms with E-state index in [1.165, 1.54) is 12.1 Å². The number of alkyl halides is 3. The maximum atomic E-state index is 12.7. The third-order valence-electron chi connectivity index (χ3n) is 3.55. The third-order valence-corrected chi connectivity index (χ3v) is 3.55. The van der Waals surface area contributed by atoms with E-state index in [4.69, 9.17) is 0 Å². The Bertz CT molecular complexity index is 605. The fourth-order valence-electron chi connectivity index (χ4n) is 2.27. The highest BCUT2D eigenvalue weighted by Crippen LogP contribution is 2.31. The lowest BCUT2D eigenvalue weighted by Gasteiger charge is -2.14. The Balaban J connectivity index is 2.07. The zero-order chi connectivity index (χ0) is 15.5. The highest BCUT2D eigenvalue weighted by molar-refractivity contribution is 5.28. The lowest BCUT2D eigenvalue weighted by atomic mass is 9.97. The number of benzene rings is 2. The van der Waals surface area contributed by atoms with Crippen molar-refractivity contribution in [3.05, 3.63) is 70.8 Å². The topological polar surface area (TPSA) is 20.2 Å². The van der Waals surface area contributed by atoms with Crippen LogP contribution >= 0.6 is 0 Å². The third kappa shape index (κ3) is 4.08. The molecule has 0 aliphatic rings. The highest BCUT2D eigenvalue weighted by atomic mass is 19.4. The molecule has 0 saturated heterocycles. The monoisotopic (exact) mass is 294 g/mol. The molecule has 0 heterocycles. The summed E-state index contributed by atoms with van der Waals surface area (Å²) in [6, 6.07) is 12.7. The van der Waals surface area contributed by atoms with Gasteiger partial charge < -0.3 is 5.11 Å². The van der Waals surface area contributed by atoms with E-state index in [1.54, 1.807) is 0 Å². The van der Waals surface area contributed by atoms with E-state index >= 15 is 0 Å². The summed E-state index contributed by atoms with van der Waals surface area (Å²) in [7, 11) is 0. The largest absolute Gasteiger partial charge is 0.416 e. The van der Waals surface area contributed by atoms with Crippen molar-refractivity contribution in [2.75, 3.05) is 0 Å². The molecule has 112 valence electrons. The van der Waals surface area contributed by atoms with Gasteiger partial charge in [-0.1, -0.05) is 36.4 Å². The highest BCUT2D eigenvalue weighted by Gasteiger charge is 2.30. The molecule has 2 aromatic rings. The molecule has 2 aromatic carbocycles. The van der Waals surface area contributed by atoms with Crippen LogP contribution in [0.1, 0.15) is 34.8 Å². The first-order valence-electron chi connectivity index (χ1n) is 6.77. The Morgan fingerprint density at radius 3 is 2.43 bits per heavy atom. The van der Waals surface area contributed by atoms with Gasteiger partial charge in [-0.05, 0) is 48.6 Å². The molecule has 0 saturated carbocycles.